The predicted molar refractivity (Wildman–Crippen MR) is 75.2 cm³/mol. The molecule has 7 heteroatoms. The van der Waals surface area contributed by atoms with Gasteiger partial charge in [-0.1, -0.05) is 23.2 Å². The standard InChI is InChI=1S/C13H8Cl2F2N2O/c14-6-1-2-8(15)12(3-6)19-13(20)7-4-11(18)10(17)5-9(7)16/h1-5H,18H2,(H,19,20). The van der Waals surface area contributed by atoms with Crippen LogP contribution in [-0.4, -0.2) is 5.91 Å². The highest BCUT2D eigenvalue weighted by Gasteiger charge is 2.16. The molecule has 104 valence electrons. The normalized spacial score (nSPS) is 10.4. The highest BCUT2D eigenvalue weighted by molar-refractivity contribution is 6.35. The lowest BCUT2D eigenvalue weighted by atomic mass is 10.1. The van der Waals surface area contributed by atoms with Gasteiger partial charge in [0.2, 0.25) is 0 Å². The minimum absolute atomic E-state index is 0.214. The number of carbonyl (C=O) groups excluding carboxylic acids is 1. The first-order valence-corrected chi connectivity index (χ1v) is 6.15. The summed E-state index contributed by atoms with van der Waals surface area (Å²) < 4.78 is 26.6. The van der Waals surface area contributed by atoms with Crippen LogP contribution in [0.5, 0.6) is 0 Å². The van der Waals surface area contributed by atoms with Crippen LogP contribution in [0.1, 0.15) is 10.4 Å². The molecule has 0 aliphatic carbocycles. The third-order valence-corrected chi connectivity index (χ3v) is 3.07. The summed E-state index contributed by atoms with van der Waals surface area (Å²) in [5.74, 6) is -2.76. The first kappa shape index (κ1) is 14.6. The van der Waals surface area contributed by atoms with Crippen molar-refractivity contribution in [2.75, 3.05) is 11.1 Å². The topological polar surface area (TPSA) is 55.1 Å². The quantitative estimate of drug-likeness (QED) is 0.819. The van der Waals surface area contributed by atoms with Gasteiger partial charge >= 0.3 is 0 Å². The maximum atomic E-state index is 13.5. The number of nitrogens with one attached hydrogen (secondary N) is 1. The average Bonchev–Trinajstić information content (AvgIpc) is 2.38. The van der Waals surface area contributed by atoms with Crippen molar-refractivity contribution in [2.45, 2.75) is 0 Å². The van der Waals surface area contributed by atoms with E-state index in [2.05, 4.69) is 5.32 Å². The maximum Gasteiger partial charge on any atom is 0.258 e. The molecule has 20 heavy (non-hydrogen) atoms. The molecule has 0 fully saturated rings. The van der Waals surface area contributed by atoms with Crippen LogP contribution in [0, 0.1) is 11.6 Å². The molecule has 0 atom stereocenters. The number of nitrogen functional groups attached to an aromatic ring is 1. The van der Waals surface area contributed by atoms with Crippen LogP contribution in [0.15, 0.2) is 30.3 Å². The summed E-state index contributed by atoms with van der Waals surface area (Å²) in [5.41, 5.74) is 4.81. The zero-order valence-electron chi connectivity index (χ0n) is 9.88. The van der Waals surface area contributed by atoms with Gasteiger partial charge in [0.1, 0.15) is 11.6 Å². The van der Waals surface area contributed by atoms with Crippen LogP contribution in [0.2, 0.25) is 10.0 Å². The molecule has 0 aliphatic heterocycles. The van der Waals surface area contributed by atoms with E-state index in [0.29, 0.717) is 11.1 Å². The van der Waals surface area contributed by atoms with E-state index in [4.69, 9.17) is 28.9 Å². The lowest BCUT2D eigenvalue weighted by Crippen LogP contribution is -2.15. The Hall–Kier alpha value is -1.85. The summed E-state index contributed by atoms with van der Waals surface area (Å²) >= 11 is 11.6. The van der Waals surface area contributed by atoms with Gasteiger partial charge in [0, 0.05) is 11.1 Å². The number of benzene rings is 2. The van der Waals surface area contributed by atoms with E-state index in [1.165, 1.54) is 18.2 Å². The van der Waals surface area contributed by atoms with Crippen LogP contribution in [0.25, 0.3) is 0 Å². The first-order valence-electron chi connectivity index (χ1n) is 5.39. The van der Waals surface area contributed by atoms with E-state index in [1.807, 2.05) is 0 Å². The van der Waals surface area contributed by atoms with E-state index in [1.54, 1.807) is 0 Å². The van der Waals surface area contributed by atoms with Crippen LogP contribution >= 0.6 is 23.2 Å². The molecule has 0 radical (unpaired) electrons. The number of rotatable bonds is 2. The van der Waals surface area contributed by atoms with Crippen molar-refractivity contribution in [3.63, 3.8) is 0 Å². The summed E-state index contributed by atoms with van der Waals surface area (Å²) in [4.78, 5) is 11.9. The number of hydrogen-bond donors (Lipinski definition) is 2. The molecule has 0 aliphatic rings. The number of hydrogen-bond acceptors (Lipinski definition) is 2. The monoisotopic (exact) mass is 316 g/mol. The number of nitrogens with two attached hydrogens (primary N) is 1. The molecule has 2 rings (SSSR count). The molecule has 1 amide bonds. The maximum absolute atomic E-state index is 13.5. The molecule has 2 aromatic rings. The summed E-state index contributed by atoms with van der Waals surface area (Å²) in [6.07, 6.45) is 0. The van der Waals surface area contributed by atoms with Crippen molar-refractivity contribution >= 4 is 40.5 Å². The molecular weight excluding hydrogens is 309 g/mol. The molecule has 3 N–H and O–H groups in total. The fourth-order valence-electron chi connectivity index (χ4n) is 1.52. The van der Waals surface area contributed by atoms with Crippen molar-refractivity contribution in [1.82, 2.24) is 0 Å². The Morgan fingerprint density at radius 3 is 2.50 bits per heavy atom. The van der Waals surface area contributed by atoms with E-state index < -0.39 is 17.5 Å². The van der Waals surface area contributed by atoms with Crippen LogP contribution in [0.3, 0.4) is 0 Å². The van der Waals surface area contributed by atoms with Gasteiger partial charge in [0.15, 0.2) is 0 Å². The van der Waals surface area contributed by atoms with Crippen molar-refractivity contribution in [1.29, 1.82) is 0 Å². The second-order valence-electron chi connectivity index (χ2n) is 3.93. The van der Waals surface area contributed by atoms with Crippen molar-refractivity contribution in [2.24, 2.45) is 0 Å². The van der Waals surface area contributed by atoms with Crippen molar-refractivity contribution < 1.29 is 13.6 Å². The molecule has 0 aromatic heterocycles. The number of amides is 1. The fraction of sp³-hybridized carbons (Fsp3) is 0. The summed E-state index contributed by atoms with van der Waals surface area (Å²) in [7, 11) is 0. The van der Waals surface area contributed by atoms with Gasteiger partial charge in [-0.15, -0.1) is 0 Å². The Kier molecular flexibility index (Phi) is 4.11. The smallest absolute Gasteiger partial charge is 0.258 e. The lowest BCUT2D eigenvalue weighted by Gasteiger charge is -2.09. The second kappa shape index (κ2) is 5.64. The van der Waals surface area contributed by atoms with Crippen LogP contribution in [0.4, 0.5) is 20.2 Å². The Labute approximate surface area is 123 Å². The van der Waals surface area contributed by atoms with E-state index in [0.717, 1.165) is 6.07 Å². The molecule has 3 nitrogen and oxygen atoms in total. The highest BCUT2D eigenvalue weighted by Crippen LogP contribution is 2.26. The van der Waals surface area contributed by atoms with Gasteiger partial charge in [0.05, 0.1) is 22.0 Å². The van der Waals surface area contributed by atoms with E-state index >= 15 is 0 Å². The summed E-state index contributed by atoms with van der Waals surface area (Å²) in [5, 5.41) is 2.97. The molecule has 0 unspecified atom stereocenters. The van der Waals surface area contributed by atoms with Gasteiger partial charge in [-0.3, -0.25) is 4.79 Å². The van der Waals surface area contributed by atoms with Crippen molar-refractivity contribution in [3.05, 3.63) is 57.6 Å². The SMILES string of the molecule is Nc1cc(C(=O)Nc2cc(Cl)ccc2Cl)c(F)cc1F. The average molecular weight is 317 g/mol. The van der Waals surface area contributed by atoms with Gasteiger partial charge < -0.3 is 11.1 Å². The molecular formula is C13H8Cl2F2N2O. The van der Waals surface area contributed by atoms with Crippen LogP contribution in [-0.2, 0) is 0 Å². The van der Waals surface area contributed by atoms with Gasteiger partial charge in [0.25, 0.3) is 5.91 Å². The van der Waals surface area contributed by atoms with Crippen LogP contribution < -0.4 is 11.1 Å². The Balaban J connectivity index is 2.33. The third kappa shape index (κ3) is 3.00. The molecule has 0 spiro atoms. The number of halogens is 4. The first-order chi connectivity index (χ1) is 9.38. The predicted octanol–water partition coefficient (Wildman–Crippen LogP) is 4.11. The number of anilines is 2. The molecule has 0 bridgehead atoms. The number of carbonyl (C=O) groups is 1. The largest absolute Gasteiger partial charge is 0.396 e. The Bertz CT molecular complexity index is 692. The Morgan fingerprint density at radius 1 is 1.10 bits per heavy atom. The van der Waals surface area contributed by atoms with E-state index in [-0.39, 0.29) is 22.0 Å². The van der Waals surface area contributed by atoms with E-state index in [9.17, 15) is 13.6 Å². The molecule has 0 heterocycles. The molecule has 0 saturated heterocycles. The summed E-state index contributed by atoms with van der Waals surface area (Å²) in [6, 6.07) is 5.89. The Morgan fingerprint density at radius 2 is 1.80 bits per heavy atom. The highest BCUT2D eigenvalue weighted by atomic mass is 35.5. The fourth-order valence-corrected chi connectivity index (χ4v) is 1.86. The minimum Gasteiger partial charge on any atom is -0.396 e. The minimum atomic E-state index is -1.02. The molecule has 2 aromatic carbocycles. The van der Waals surface area contributed by atoms with Crippen molar-refractivity contribution in [3.8, 4) is 0 Å². The third-order valence-electron chi connectivity index (χ3n) is 2.51. The van der Waals surface area contributed by atoms with Gasteiger partial charge in [-0.2, -0.15) is 0 Å². The lowest BCUT2D eigenvalue weighted by molar-refractivity contribution is 0.102. The zero-order chi connectivity index (χ0) is 14.9. The summed E-state index contributed by atoms with van der Waals surface area (Å²) in [6.45, 7) is 0. The second-order valence-corrected chi connectivity index (χ2v) is 4.78. The zero-order valence-corrected chi connectivity index (χ0v) is 11.4. The van der Waals surface area contributed by atoms with Gasteiger partial charge in [-0.05, 0) is 24.3 Å². The molecule has 0 saturated carbocycles. The van der Waals surface area contributed by atoms with Gasteiger partial charge in [-0.25, -0.2) is 8.78 Å².